The first-order chi connectivity index (χ1) is 12.6. The molecule has 138 valence electrons. The highest BCUT2D eigenvalue weighted by Gasteiger charge is 2.26. The average molecular weight is 351 g/mol. The summed E-state index contributed by atoms with van der Waals surface area (Å²) in [6, 6.07) is 21.3. The van der Waals surface area contributed by atoms with Crippen LogP contribution in [0.3, 0.4) is 0 Å². The fraction of sp³-hybridized carbons (Fsp3) is 0.435. The molecule has 0 N–H and O–H groups in total. The molecular formula is C23H30N2O. The summed E-state index contributed by atoms with van der Waals surface area (Å²) < 4.78 is 0. The Morgan fingerprint density at radius 2 is 1.77 bits per heavy atom. The lowest BCUT2D eigenvalue weighted by atomic mass is 9.94. The summed E-state index contributed by atoms with van der Waals surface area (Å²) in [4.78, 5) is 16.7. The second-order valence-electron chi connectivity index (χ2n) is 7.51. The van der Waals surface area contributed by atoms with Gasteiger partial charge in [0.15, 0.2) is 0 Å². The van der Waals surface area contributed by atoms with Gasteiger partial charge in [0.05, 0.1) is 0 Å². The number of carbonyl (C=O) groups is 1. The molecule has 0 bridgehead atoms. The van der Waals surface area contributed by atoms with E-state index in [4.69, 9.17) is 0 Å². The minimum atomic E-state index is 0.130. The number of carbonyl (C=O) groups excluding carboxylic acids is 1. The van der Waals surface area contributed by atoms with Crippen LogP contribution in [0, 0.1) is 5.92 Å². The minimum absolute atomic E-state index is 0.130. The van der Waals surface area contributed by atoms with E-state index in [0.29, 0.717) is 12.0 Å². The Kier molecular flexibility index (Phi) is 6.45. The first kappa shape index (κ1) is 18.7. The van der Waals surface area contributed by atoms with Crippen LogP contribution in [-0.2, 0) is 11.2 Å². The largest absolute Gasteiger partial charge is 0.312 e. The Balaban J connectivity index is 1.61. The summed E-state index contributed by atoms with van der Waals surface area (Å²) in [5.41, 5.74) is 2.41. The first-order valence-corrected chi connectivity index (χ1v) is 9.74. The topological polar surface area (TPSA) is 23.6 Å². The van der Waals surface area contributed by atoms with Crippen LogP contribution >= 0.6 is 0 Å². The van der Waals surface area contributed by atoms with Gasteiger partial charge in [0.2, 0.25) is 5.91 Å². The summed E-state index contributed by atoms with van der Waals surface area (Å²) in [6.45, 7) is 7.05. The van der Waals surface area contributed by atoms with Crippen molar-refractivity contribution in [2.24, 2.45) is 5.92 Å². The molecule has 1 saturated heterocycles. The molecule has 26 heavy (non-hydrogen) atoms. The Hall–Kier alpha value is -2.13. The van der Waals surface area contributed by atoms with E-state index in [2.05, 4.69) is 42.2 Å². The molecule has 0 radical (unpaired) electrons. The van der Waals surface area contributed by atoms with Gasteiger partial charge in [-0.15, -0.1) is 0 Å². The molecule has 2 atom stereocenters. The molecule has 1 unspecified atom stereocenters. The number of nitrogens with zero attached hydrogens (tertiary/aromatic N) is 2. The van der Waals surface area contributed by atoms with E-state index < -0.39 is 0 Å². The van der Waals surface area contributed by atoms with E-state index in [1.54, 1.807) is 6.92 Å². The van der Waals surface area contributed by atoms with Gasteiger partial charge < -0.3 is 4.90 Å². The fourth-order valence-electron chi connectivity index (χ4n) is 4.01. The molecule has 3 rings (SSSR count). The summed E-state index contributed by atoms with van der Waals surface area (Å²) in [6.07, 6.45) is 3.50. The smallest absolute Gasteiger partial charge is 0.223 e. The van der Waals surface area contributed by atoms with Gasteiger partial charge in [0.25, 0.3) is 0 Å². The van der Waals surface area contributed by atoms with Crippen molar-refractivity contribution in [1.82, 2.24) is 4.90 Å². The number of likely N-dealkylation sites (tertiary alicyclic amines) is 1. The third-order valence-electron chi connectivity index (χ3n) is 5.44. The van der Waals surface area contributed by atoms with E-state index in [-0.39, 0.29) is 5.91 Å². The Morgan fingerprint density at radius 3 is 2.42 bits per heavy atom. The van der Waals surface area contributed by atoms with Crippen molar-refractivity contribution >= 4 is 11.6 Å². The Bertz CT molecular complexity index is 686. The third-order valence-corrected chi connectivity index (χ3v) is 5.44. The number of amides is 1. The number of hydrogen-bond acceptors (Lipinski definition) is 2. The molecule has 1 aliphatic heterocycles. The number of hydrogen-bond donors (Lipinski definition) is 0. The van der Waals surface area contributed by atoms with Crippen LogP contribution in [0.2, 0.25) is 0 Å². The number of piperidine rings is 1. The van der Waals surface area contributed by atoms with E-state index >= 15 is 0 Å². The van der Waals surface area contributed by atoms with Crippen molar-refractivity contribution in [3.63, 3.8) is 0 Å². The highest BCUT2D eigenvalue weighted by Crippen LogP contribution is 2.23. The highest BCUT2D eigenvalue weighted by atomic mass is 16.2. The monoisotopic (exact) mass is 350 g/mol. The minimum Gasteiger partial charge on any atom is -0.312 e. The number of benzene rings is 2. The molecule has 1 amide bonds. The van der Waals surface area contributed by atoms with Gasteiger partial charge in [-0.25, -0.2) is 0 Å². The first-order valence-electron chi connectivity index (χ1n) is 9.74. The van der Waals surface area contributed by atoms with Gasteiger partial charge >= 0.3 is 0 Å². The molecule has 2 aromatic rings. The van der Waals surface area contributed by atoms with Crippen LogP contribution < -0.4 is 4.90 Å². The molecular weight excluding hydrogens is 320 g/mol. The van der Waals surface area contributed by atoms with Crippen molar-refractivity contribution < 1.29 is 4.79 Å². The van der Waals surface area contributed by atoms with Crippen LogP contribution in [0.1, 0.15) is 32.3 Å². The van der Waals surface area contributed by atoms with Gasteiger partial charge in [-0.05, 0) is 56.3 Å². The van der Waals surface area contributed by atoms with Crippen LogP contribution in [0.5, 0.6) is 0 Å². The maximum absolute atomic E-state index is 12.2. The molecule has 1 aliphatic rings. The van der Waals surface area contributed by atoms with Gasteiger partial charge in [-0.2, -0.15) is 0 Å². The molecule has 3 heteroatoms. The van der Waals surface area contributed by atoms with Crippen molar-refractivity contribution in [3.05, 3.63) is 66.2 Å². The van der Waals surface area contributed by atoms with Gasteiger partial charge in [-0.3, -0.25) is 9.69 Å². The van der Waals surface area contributed by atoms with Crippen molar-refractivity contribution in [2.75, 3.05) is 24.5 Å². The zero-order chi connectivity index (χ0) is 18.4. The molecule has 3 nitrogen and oxygen atoms in total. The third kappa shape index (κ3) is 4.95. The predicted molar refractivity (Wildman–Crippen MR) is 108 cm³/mol. The molecule has 1 fully saturated rings. The fourth-order valence-corrected chi connectivity index (χ4v) is 4.01. The van der Waals surface area contributed by atoms with E-state index in [9.17, 15) is 4.79 Å². The number of para-hydroxylation sites is 1. The van der Waals surface area contributed by atoms with Crippen LogP contribution in [0.4, 0.5) is 5.69 Å². The normalized spacial score (nSPS) is 19.1. The highest BCUT2D eigenvalue weighted by molar-refractivity contribution is 5.91. The standard InChI is InChI=1S/C23H30N2O/c1-19(16-21-10-5-3-6-11-21)24-15-9-12-22(17-24)18-25(20(2)26)23-13-7-4-8-14-23/h3-8,10-11,13-14,19,22H,9,12,15-18H2,1-2H3/t19?,22-/m1/s1. The molecule has 0 aliphatic carbocycles. The van der Waals surface area contributed by atoms with Crippen LogP contribution in [-0.4, -0.2) is 36.5 Å². The van der Waals surface area contributed by atoms with E-state index in [0.717, 1.165) is 31.7 Å². The number of rotatable bonds is 6. The molecule has 0 aromatic heterocycles. The maximum Gasteiger partial charge on any atom is 0.223 e. The van der Waals surface area contributed by atoms with Crippen LogP contribution in [0.25, 0.3) is 0 Å². The Labute approximate surface area is 157 Å². The maximum atomic E-state index is 12.2. The number of anilines is 1. The van der Waals surface area contributed by atoms with Gasteiger partial charge in [0.1, 0.15) is 0 Å². The van der Waals surface area contributed by atoms with Crippen molar-refractivity contribution in [1.29, 1.82) is 0 Å². The zero-order valence-corrected chi connectivity index (χ0v) is 16.0. The lowest BCUT2D eigenvalue weighted by molar-refractivity contribution is -0.116. The quantitative estimate of drug-likeness (QED) is 0.772. The predicted octanol–water partition coefficient (Wildman–Crippen LogP) is 4.38. The molecule has 0 saturated carbocycles. The van der Waals surface area contributed by atoms with Crippen molar-refractivity contribution in [2.45, 2.75) is 39.2 Å². The lowest BCUT2D eigenvalue weighted by Crippen LogP contribution is -2.46. The van der Waals surface area contributed by atoms with E-state index in [1.165, 1.54) is 18.4 Å². The van der Waals surface area contributed by atoms with Gasteiger partial charge in [-0.1, -0.05) is 48.5 Å². The summed E-state index contributed by atoms with van der Waals surface area (Å²) in [5.74, 6) is 0.664. The second kappa shape index (κ2) is 9.00. The van der Waals surface area contributed by atoms with E-state index in [1.807, 2.05) is 35.2 Å². The van der Waals surface area contributed by atoms with Crippen molar-refractivity contribution in [3.8, 4) is 0 Å². The Morgan fingerprint density at radius 1 is 1.12 bits per heavy atom. The summed E-state index contributed by atoms with van der Waals surface area (Å²) in [7, 11) is 0. The SMILES string of the molecule is CC(=O)N(C[C@@H]1CCCN(C(C)Cc2ccccc2)C1)c1ccccc1. The average Bonchev–Trinajstić information content (AvgIpc) is 2.67. The lowest BCUT2D eigenvalue weighted by Gasteiger charge is -2.38. The molecule has 1 heterocycles. The summed E-state index contributed by atoms with van der Waals surface area (Å²) in [5, 5.41) is 0. The van der Waals surface area contributed by atoms with Crippen LogP contribution in [0.15, 0.2) is 60.7 Å². The molecule has 0 spiro atoms. The molecule has 2 aromatic carbocycles. The zero-order valence-electron chi connectivity index (χ0n) is 16.0. The second-order valence-corrected chi connectivity index (χ2v) is 7.51. The summed E-state index contributed by atoms with van der Waals surface area (Å²) >= 11 is 0. The van der Waals surface area contributed by atoms with Gasteiger partial charge in [0, 0.05) is 31.7 Å².